The first-order valence-corrected chi connectivity index (χ1v) is 9.53. The number of amides is 2. The second-order valence-electron chi connectivity index (χ2n) is 7.09. The number of rotatable bonds is 9. The molecule has 27 heavy (non-hydrogen) atoms. The zero-order valence-electron chi connectivity index (χ0n) is 16.4. The van der Waals surface area contributed by atoms with E-state index >= 15 is 0 Å². The molecule has 0 spiro atoms. The van der Waals surface area contributed by atoms with E-state index in [0.717, 1.165) is 31.7 Å². The third-order valence-corrected chi connectivity index (χ3v) is 4.68. The monoisotopic (exact) mass is 397 g/mol. The molecule has 2 unspecified atom stereocenters. The zero-order valence-corrected chi connectivity index (χ0v) is 17.2. The van der Waals surface area contributed by atoms with Gasteiger partial charge in [0, 0.05) is 12.1 Å². The fourth-order valence-electron chi connectivity index (χ4n) is 3.10. The van der Waals surface area contributed by atoms with Crippen LogP contribution in [0.5, 0.6) is 5.75 Å². The molecule has 1 aliphatic rings. The summed E-state index contributed by atoms with van der Waals surface area (Å²) in [6.07, 6.45) is 2.13. The number of nitrogens with one attached hydrogen (secondary N) is 3. The first kappa shape index (κ1) is 23.2. The maximum atomic E-state index is 12.5. The molecule has 2 atom stereocenters. The van der Waals surface area contributed by atoms with E-state index in [1.54, 1.807) is 24.3 Å². The lowest BCUT2D eigenvalue weighted by Crippen LogP contribution is -2.50. The molecule has 7 heteroatoms. The lowest BCUT2D eigenvalue weighted by molar-refractivity contribution is -0.123. The molecular formula is C20H32ClN3O3. The van der Waals surface area contributed by atoms with E-state index in [9.17, 15) is 9.59 Å². The molecular weight excluding hydrogens is 366 g/mol. The molecule has 1 fully saturated rings. The number of hydrogen-bond donors (Lipinski definition) is 3. The van der Waals surface area contributed by atoms with Crippen molar-refractivity contribution in [3.63, 3.8) is 0 Å². The van der Waals surface area contributed by atoms with Crippen molar-refractivity contribution in [1.29, 1.82) is 0 Å². The van der Waals surface area contributed by atoms with Crippen molar-refractivity contribution < 1.29 is 14.3 Å². The summed E-state index contributed by atoms with van der Waals surface area (Å²) in [5.41, 5.74) is 0.518. The molecule has 152 valence electrons. The Balaban J connectivity index is 0.00000364. The number of benzene rings is 1. The molecule has 1 aliphatic heterocycles. The van der Waals surface area contributed by atoms with E-state index in [0.29, 0.717) is 24.6 Å². The average molecular weight is 398 g/mol. The third kappa shape index (κ3) is 7.39. The Bertz CT molecular complexity index is 587. The van der Waals surface area contributed by atoms with Crippen LogP contribution in [0.4, 0.5) is 0 Å². The Kier molecular flexibility index (Phi) is 10.2. The molecule has 1 saturated heterocycles. The van der Waals surface area contributed by atoms with Gasteiger partial charge in [-0.1, -0.05) is 13.8 Å². The van der Waals surface area contributed by atoms with Crippen molar-refractivity contribution in [3.8, 4) is 5.75 Å². The first-order valence-electron chi connectivity index (χ1n) is 9.53. The van der Waals surface area contributed by atoms with Gasteiger partial charge in [-0.25, -0.2) is 0 Å². The van der Waals surface area contributed by atoms with E-state index in [2.05, 4.69) is 16.0 Å². The maximum absolute atomic E-state index is 12.5. The third-order valence-electron chi connectivity index (χ3n) is 4.68. The fraction of sp³-hybridized carbons (Fsp3) is 0.600. The second-order valence-corrected chi connectivity index (χ2v) is 7.09. The Morgan fingerprint density at radius 3 is 2.52 bits per heavy atom. The van der Waals surface area contributed by atoms with E-state index in [4.69, 9.17) is 4.74 Å². The molecule has 1 heterocycles. The van der Waals surface area contributed by atoms with E-state index < -0.39 is 6.04 Å². The lowest BCUT2D eigenvalue weighted by Gasteiger charge is -2.22. The van der Waals surface area contributed by atoms with Crippen molar-refractivity contribution in [1.82, 2.24) is 16.0 Å². The maximum Gasteiger partial charge on any atom is 0.251 e. The van der Waals surface area contributed by atoms with Gasteiger partial charge in [-0.15, -0.1) is 12.4 Å². The molecule has 2 amide bonds. The summed E-state index contributed by atoms with van der Waals surface area (Å²) in [6, 6.07) is 6.40. The van der Waals surface area contributed by atoms with E-state index in [-0.39, 0.29) is 30.1 Å². The molecule has 0 bridgehead atoms. The highest BCUT2D eigenvalue weighted by Gasteiger charge is 2.25. The molecule has 1 aromatic rings. The fourth-order valence-corrected chi connectivity index (χ4v) is 3.10. The van der Waals surface area contributed by atoms with Crippen LogP contribution < -0.4 is 20.7 Å². The topological polar surface area (TPSA) is 79.5 Å². The summed E-state index contributed by atoms with van der Waals surface area (Å²) in [7, 11) is 0. The summed E-state index contributed by atoms with van der Waals surface area (Å²) in [5, 5.41) is 9.16. The minimum Gasteiger partial charge on any atom is -0.494 e. The van der Waals surface area contributed by atoms with Gasteiger partial charge in [-0.2, -0.15) is 0 Å². The molecule has 0 saturated carbocycles. The average Bonchev–Trinajstić information content (AvgIpc) is 3.13. The van der Waals surface area contributed by atoms with Gasteiger partial charge in [0.15, 0.2) is 0 Å². The SMILES string of the molecule is CCOc1ccc(C(=O)NC(C(=O)NCCC2CCNC2)C(C)C)cc1.Cl. The van der Waals surface area contributed by atoms with Crippen molar-refractivity contribution in [2.45, 2.75) is 39.7 Å². The standard InChI is InChI=1S/C20H31N3O3.ClH/c1-4-26-17-7-5-16(6-8-17)19(24)23-18(14(2)3)20(25)22-12-10-15-9-11-21-13-15;/h5-8,14-15,18,21H,4,9-13H2,1-3H3,(H,22,25)(H,23,24);1H. The van der Waals surface area contributed by atoms with E-state index in [1.165, 1.54) is 0 Å². The van der Waals surface area contributed by atoms with Crippen molar-refractivity contribution in [2.24, 2.45) is 11.8 Å². The smallest absolute Gasteiger partial charge is 0.251 e. The molecule has 0 aromatic heterocycles. The minimum absolute atomic E-state index is 0. The zero-order chi connectivity index (χ0) is 18.9. The predicted molar refractivity (Wildman–Crippen MR) is 110 cm³/mol. The van der Waals surface area contributed by atoms with Gasteiger partial charge in [-0.05, 0) is 69.0 Å². The Morgan fingerprint density at radius 1 is 1.26 bits per heavy atom. The van der Waals surface area contributed by atoms with Crippen LogP contribution in [-0.2, 0) is 4.79 Å². The molecule has 3 N–H and O–H groups in total. The Hall–Kier alpha value is -1.79. The van der Waals surface area contributed by atoms with Crippen LogP contribution in [0.25, 0.3) is 0 Å². The van der Waals surface area contributed by atoms with Gasteiger partial charge in [-0.3, -0.25) is 9.59 Å². The van der Waals surface area contributed by atoms with Crippen LogP contribution in [0.3, 0.4) is 0 Å². The van der Waals surface area contributed by atoms with Gasteiger partial charge in [0.1, 0.15) is 11.8 Å². The molecule has 6 nitrogen and oxygen atoms in total. The molecule has 1 aromatic carbocycles. The van der Waals surface area contributed by atoms with Crippen LogP contribution in [-0.4, -0.2) is 44.1 Å². The summed E-state index contributed by atoms with van der Waals surface area (Å²) >= 11 is 0. The van der Waals surface area contributed by atoms with Crippen molar-refractivity contribution in [2.75, 3.05) is 26.2 Å². The molecule has 0 radical (unpaired) electrons. The van der Waals surface area contributed by atoms with Crippen LogP contribution in [0.2, 0.25) is 0 Å². The highest BCUT2D eigenvalue weighted by Crippen LogP contribution is 2.13. The summed E-state index contributed by atoms with van der Waals surface area (Å²) in [6.45, 7) is 9.09. The van der Waals surface area contributed by atoms with Gasteiger partial charge in [0.25, 0.3) is 5.91 Å². The van der Waals surface area contributed by atoms with Gasteiger partial charge >= 0.3 is 0 Å². The predicted octanol–water partition coefficient (Wildman–Crippen LogP) is 2.38. The number of carbonyl (C=O) groups excluding carboxylic acids is 2. The van der Waals surface area contributed by atoms with Gasteiger partial charge in [0.05, 0.1) is 6.61 Å². The Morgan fingerprint density at radius 2 is 1.96 bits per heavy atom. The summed E-state index contributed by atoms with van der Waals surface area (Å²) in [4.78, 5) is 25.0. The Labute approximate surface area is 168 Å². The largest absolute Gasteiger partial charge is 0.494 e. The van der Waals surface area contributed by atoms with Crippen LogP contribution >= 0.6 is 12.4 Å². The first-order chi connectivity index (χ1) is 12.5. The van der Waals surface area contributed by atoms with Crippen LogP contribution in [0.1, 0.15) is 44.0 Å². The highest BCUT2D eigenvalue weighted by molar-refractivity contribution is 5.97. The van der Waals surface area contributed by atoms with Crippen molar-refractivity contribution in [3.05, 3.63) is 29.8 Å². The highest BCUT2D eigenvalue weighted by atomic mass is 35.5. The van der Waals surface area contributed by atoms with Gasteiger partial charge < -0.3 is 20.7 Å². The lowest BCUT2D eigenvalue weighted by atomic mass is 10.0. The van der Waals surface area contributed by atoms with Crippen LogP contribution in [0, 0.1) is 11.8 Å². The summed E-state index contributed by atoms with van der Waals surface area (Å²) < 4.78 is 5.38. The second kappa shape index (κ2) is 11.8. The van der Waals surface area contributed by atoms with Gasteiger partial charge in [0.2, 0.25) is 5.91 Å². The normalized spacial score (nSPS) is 17.1. The van der Waals surface area contributed by atoms with E-state index in [1.807, 2.05) is 20.8 Å². The number of carbonyl (C=O) groups is 2. The number of ether oxygens (including phenoxy) is 1. The number of hydrogen-bond acceptors (Lipinski definition) is 4. The quantitative estimate of drug-likeness (QED) is 0.597. The van der Waals surface area contributed by atoms with Crippen molar-refractivity contribution >= 4 is 24.2 Å². The number of halogens is 1. The minimum atomic E-state index is -0.546. The summed E-state index contributed by atoms with van der Waals surface area (Å²) in [5.74, 6) is 0.997. The molecule has 0 aliphatic carbocycles. The van der Waals surface area contributed by atoms with Crippen LogP contribution in [0.15, 0.2) is 24.3 Å². The molecule has 2 rings (SSSR count).